The molecule has 112 valence electrons. The second-order valence-corrected chi connectivity index (χ2v) is 6.83. The maximum absolute atomic E-state index is 13.4. The summed E-state index contributed by atoms with van der Waals surface area (Å²) >= 11 is 2.90. The zero-order chi connectivity index (χ0) is 15.8. The molecule has 0 bridgehead atoms. The summed E-state index contributed by atoms with van der Waals surface area (Å²) in [7, 11) is -4.06. The Labute approximate surface area is 129 Å². The maximum atomic E-state index is 13.4. The van der Waals surface area contributed by atoms with Crippen LogP contribution >= 0.6 is 15.9 Å². The van der Waals surface area contributed by atoms with Crippen molar-refractivity contribution in [3.8, 4) is 0 Å². The highest BCUT2D eigenvalue weighted by Gasteiger charge is 2.21. The largest absolute Gasteiger partial charge is 0.398 e. The van der Waals surface area contributed by atoms with Crippen molar-refractivity contribution < 1.29 is 17.2 Å². The molecule has 0 fully saturated rings. The summed E-state index contributed by atoms with van der Waals surface area (Å²) in [6, 6.07) is 5.98. The van der Waals surface area contributed by atoms with Crippen LogP contribution in [-0.2, 0) is 10.0 Å². The number of sulfonamides is 1. The van der Waals surface area contributed by atoms with Gasteiger partial charge in [-0.15, -0.1) is 0 Å². The van der Waals surface area contributed by atoms with Crippen LogP contribution < -0.4 is 10.5 Å². The Kier molecular flexibility index (Phi) is 4.20. The van der Waals surface area contributed by atoms with Crippen molar-refractivity contribution in [2.75, 3.05) is 10.5 Å². The molecule has 3 N–H and O–H groups in total. The minimum atomic E-state index is -4.06. The molecular formula is C13H11BrF2N2O2S. The number of anilines is 2. The quantitative estimate of drug-likeness (QED) is 0.806. The summed E-state index contributed by atoms with van der Waals surface area (Å²) in [6.07, 6.45) is 0. The second-order valence-electron chi connectivity index (χ2n) is 4.32. The van der Waals surface area contributed by atoms with E-state index in [1.165, 1.54) is 25.1 Å². The van der Waals surface area contributed by atoms with E-state index in [0.717, 1.165) is 12.1 Å². The molecule has 0 saturated heterocycles. The molecule has 0 spiro atoms. The van der Waals surface area contributed by atoms with Gasteiger partial charge in [0, 0.05) is 5.56 Å². The molecule has 2 aromatic carbocycles. The Bertz CT molecular complexity index is 810. The van der Waals surface area contributed by atoms with Gasteiger partial charge in [0.1, 0.15) is 16.5 Å². The molecule has 0 heterocycles. The van der Waals surface area contributed by atoms with Crippen LogP contribution in [0, 0.1) is 18.6 Å². The number of benzene rings is 2. The Morgan fingerprint density at radius 2 is 1.86 bits per heavy atom. The SMILES string of the molecule is Cc1c(F)cccc1NS(=O)(=O)c1cc(Br)c(F)cc1N. The van der Waals surface area contributed by atoms with Crippen LogP contribution in [0.1, 0.15) is 5.56 Å². The van der Waals surface area contributed by atoms with E-state index in [1.54, 1.807) is 0 Å². The average molecular weight is 377 g/mol. The molecule has 4 nitrogen and oxygen atoms in total. The van der Waals surface area contributed by atoms with Gasteiger partial charge in [-0.05, 0) is 47.1 Å². The number of halogens is 3. The third-order valence-electron chi connectivity index (χ3n) is 2.85. The van der Waals surface area contributed by atoms with Crippen LogP contribution in [0.25, 0.3) is 0 Å². The summed E-state index contributed by atoms with van der Waals surface area (Å²) in [5.41, 5.74) is 5.55. The standard InChI is InChI=1S/C13H11BrF2N2O2S/c1-7-9(15)3-2-4-12(7)18-21(19,20)13-5-8(14)10(16)6-11(13)17/h2-6,18H,17H2,1H3. The van der Waals surface area contributed by atoms with Crippen LogP contribution in [-0.4, -0.2) is 8.42 Å². The van der Waals surface area contributed by atoms with Crippen molar-refractivity contribution in [3.05, 3.63) is 52.0 Å². The number of nitrogens with one attached hydrogen (secondary N) is 1. The monoisotopic (exact) mass is 376 g/mol. The van der Waals surface area contributed by atoms with E-state index >= 15 is 0 Å². The fourth-order valence-electron chi connectivity index (χ4n) is 1.69. The summed E-state index contributed by atoms with van der Waals surface area (Å²) in [6.45, 7) is 1.44. The lowest BCUT2D eigenvalue weighted by Crippen LogP contribution is -2.16. The molecule has 0 unspecified atom stereocenters. The molecule has 8 heteroatoms. The summed E-state index contributed by atoms with van der Waals surface area (Å²) in [5.74, 6) is -1.21. The lowest BCUT2D eigenvalue weighted by atomic mass is 10.2. The van der Waals surface area contributed by atoms with Crippen molar-refractivity contribution in [3.63, 3.8) is 0 Å². The van der Waals surface area contributed by atoms with Crippen LogP contribution in [0.3, 0.4) is 0 Å². The van der Waals surface area contributed by atoms with E-state index in [9.17, 15) is 17.2 Å². The fraction of sp³-hybridized carbons (Fsp3) is 0.0769. The van der Waals surface area contributed by atoms with Gasteiger partial charge < -0.3 is 5.73 Å². The first kappa shape index (κ1) is 15.7. The van der Waals surface area contributed by atoms with E-state index in [4.69, 9.17) is 5.73 Å². The maximum Gasteiger partial charge on any atom is 0.263 e. The van der Waals surface area contributed by atoms with Crippen molar-refractivity contribution in [1.82, 2.24) is 0 Å². The minimum absolute atomic E-state index is 0.0342. The van der Waals surface area contributed by atoms with E-state index in [0.29, 0.717) is 0 Å². The molecule has 0 amide bonds. The lowest BCUT2D eigenvalue weighted by Gasteiger charge is -2.13. The summed E-state index contributed by atoms with van der Waals surface area (Å²) < 4.78 is 53.5. The van der Waals surface area contributed by atoms with Gasteiger partial charge in [-0.1, -0.05) is 6.07 Å². The Morgan fingerprint density at radius 3 is 2.52 bits per heavy atom. The third kappa shape index (κ3) is 3.16. The number of hydrogen-bond acceptors (Lipinski definition) is 3. The summed E-state index contributed by atoms with van der Waals surface area (Å²) in [4.78, 5) is -0.292. The molecule has 0 aliphatic carbocycles. The van der Waals surface area contributed by atoms with Gasteiger partial charge >= 0.3 is 0 Å². The van der Waals surface area contributed by atoms with Gasteiger partial charge in [0.05, 0.1) is 15.8 Å². The van der Waals surface area contributed by atoms with Gasteiger partial charge in [0.15, 0.2) is 0 Å². The van der Waals surface area contributed by atoms with E-state index in [1.807, 2.05) is 0 Å². The van der Waals surface area contributed by atoms with E-state index in [-0.39, 0.29) is 26.3 Å². The first-order chi connectivity index (χ1) is 9.72. The Morgan fingerprint density at radius 1 is 1.19 bits per heavy atom. The minimum Gasteiger partial charge on any atom is -0.398 e. The van der Waals surface area contributed by atoms with E-state index < -0.39 is 21.7 Å². The Balaban J connectivity index is 2.48. The smallest absolute Gasteiger partial charge is 0.263 e. The normalized spacial score (nSPS) is 11.4. The molecule has 0 radical (unpaired) electrons. The van der Waals surface area contributed by atoms with Crippen molar-refractivity contribution in [2.45, 2.75) is 11.8 Å². The van der Waals surface area contributed by atoms with Gasteiger partial charge in [0.25, 0.3) is 10.0 Å². The third-order valence-corrected chi connectivity index (χ3v) is 4.88. The van der Waals surface area contributed by atoms with Crippen LogP contribution in [0.5, 0.6) is 0 Å². The predicted molar refractivity (Wildman–Crippen MR) is 80.5 cm³/mol. The molecular weight excluding hydrogens is 366 g/mol. The first-order valence-electron chi connectivity index (χ1n) is 5.75. The first-order valence-corrected chi connectivity index (χ1v) is 8.02. The predicted octanol–water partition coefficient (Wildman–Crippen LogP) is 3.42. The highest BCUT2D eigenvalue weighted by Crippen LogP contribution is 2.28. The van der Waals surface area contributed by atoms with Crippen molar-refractivity contribution >= 4 is 37.3 Å². The molecule has 0 aliphatic rings. The van der Waals surface area contributed by atoms with Crippen LogP contribution in [0.4, 0.5) is 20.2 Å². The highest BCUT2D eigenvalue weighted by molar-refractivity contribution is 9.10. The van der Waals surface area contributed by atoms with Gasteiger partial charge in [-0.25, -0.2) is 17.2 Å². The van der Waals surface area contributed by atoms with Crippen LogP contribution in [0.15, 0.2) is 39.7 Å². The zero-order valence-electron chi connectivity index (χ0n) is 10.8. The van der Waals surface area contributed by atoms with Crippen molar-refractivity contribution in [1.29, 1.82) is 0 Å². The van der Waals surface area contributed by atoms with Gasteiger partial charge in [0.2, 0.25) is 0 Å². The second kappa shape index (κ2) is 5.61. The molecule has 0 atom stereocenters. The number of nitrogen functional groups attached to an aromatic ring is 1. The average Bonchev–Trinajstić information content (AvgIpc) is 2.39. The van der Waals surface area contributed by atoms with Gasteiger partial charge in [-0.3, -0.25) is 4.72 Å². The molecule has 2 aromatic rings. The molecule has 0 saturated carbocycles. The number of nitrogens with two attached hydrogens (primary N) is 1. The van der Waals surface area contributed by atoms with Crippen LogP contribution in [0.2, 0.25) is 0 Å². The Hall–Kier alpha value is -1.67. The van der Waals surface area contributed by atoms with Gasteiger partial charge in [-0.2, -0.15) is 0 Å². The number of hydrogen-bond donors (Lipinski definition) is 2. The molecule has 21 heavy (non-hydrogen) atoms. The molecule has 0 aromatic heterocycles. The topological polar surface area (TPSA) is 72.2 Å². The number of rotatable bonds is 3. The highest BCUT2D eigenvalue weighted by atomic mass is 79.9. The zero-order valence-corrected chi connectivity index (χ0v) is 13.2. The fourth-order valence-corrected chi connectivity index (χ4v) is 3.45. The lowest BCUT2D eigenvalue weighted by molar-refractivity contribution is 0.599. The van der Waals surface area contributed by atoms with E-state index in [2.05, 4.69) is 20.7 Å². The summed E-state index contributed by atoms with van der Waals surface area (Å²) in [5, 5.41) is 0. The molecule has 2 rings (SSSR count). The van der Waals surface area contributed by atoms with Crippen molar-refractivity contribution in [2.24, 2.45) is 0 Å². The molecule has 0 aliphatic heterocycles.